The summed E-state index contributed by atoms with van der Waals surface area (Å²) in [5.41, 5.74) is 2.45. The Hall–Kier alpha value is -1.35. The third kappa shape index (κ3) is 2.02. The molecule has 1 aliphatic rings. The number of carboxylic acids is 1. The van der Waals surface area contributed by atoms with Crippen molar-refractivity contribution >= 4 is 5.97 Å². The maximum atomic E-state index is 10.8. The van der Waals surface area contributed by atoms with E-state index in [1.54, 1.807) is 0 Å². The fraction of sp³-hybridized carbons (Fsp3) is 0.417. The molecule has 0 saturated carbocycles. The van der Waals surface area contributed by atoms with Crippen LogP contribution in [0.4, 0.5) is 0 Å². The first-order valence-electron chi connectivity index (χ1n) is 5.23. The lowest BCUT2D eigenvalue weighted by Gasteiger charge is -2.14. The second-order valence-corrected chi connectivity index (χ2v) is 4.04. The summed E-state index contributed by atoms with van der Waals surface area (Å²) in [4.78, 5) is 10.8. The fourth-order valence-electron chi connectivity index (χ4n) is 2.16. The lowest BCUT2D eigenvalue weighted by Crippen LogP contribution is -2.31. The van der Waals surface area contributed by atoms with Crippen molar-refractivity contribution in [3.8, 4) is 0 Å². The predicted octanol–water partition coefficient (Wildman–Crippen LogP) is 1.87. The molecule has 1 saturated heterocycles. The number of aryl methyl sites for hydroxylation is 1. The number of rotatable bonds is 2. The van der Waals surface area contributed by atoms with Crippen molar-refractivity contribution in [2.45, 2.75) is 31.8 Å². The quantitative estimate of drug-likeness (QED) is 0.775. The number of aliphatic carboxylic acids is 1. The minimum absolute atomic E-state index is 0.201. The van der Waals surface area contributed by atoms with Crippen LogP contribution in [0.3, 0.4) is 0 Å². The molecule has 1 aromatic rings. The van der Waals surface area contributed by atoms with Crippen molar-refractivity contribution < 1.29 is 9.90 Å². The van der Waals surface area contributed by atoms with E-state index in [9.17, 15) is 4.79 Å². The largest absolute Gasteiger partial charge is 0.480 e. The van der Waals surface area contributed by atoms with Gasteiger partial charge in [-0.1, -0.05) is 24.3 Å². The lowest BCUT2D eigenvalue weighted by molar-refractivity contribution is -0.139. The molecule has 0 aromatic heterocycles. The highest BCUT2D eigenvalue weighted by Crippen LogP contribution is 2.28. The highest BCUT2D eigenvalue weighted by Gasteiger charge is 2.29. The second-order valence-electron chi connectivity index (χ2n) is 4.04. The zero-order valence-corrected chi connectivity index (χ0v) is 8.73. The van der Waals surface area contributed by atoms with Gasteiger partial charge < -0.3 is 5.11 Å². The van der Waals surface area contributed by atoms with Gasteiger partial charge in [-0.2, -0.15) is 0 Å². The Morgan fingerprint density at radius 3 is 2.73 bits per heavy atom. The van der Waals surface area contributed by atoms with Crippen LogP contribution in [0, 0.1) is 6.92 Å². The number of carbonyl (C=O) groups is 1. The van der Waals surface area contributed by atoms with Gasteiger partial charge in [-0.25, -0.2) is 0 Å². The Morgan fingerprint density at radius 1 is 1.40 bits per heavy atom. The molecular formula is C12H15NO2. The van der Waals surface area contributed by atoms with Gasteiger partial charge in [0.05, 0.1) is 0 Å². The summed E-state index contributed by atoms with van der Waals surface area (Å²) < 4.78 is 0. The van der Waals surface area contributed by atoms with Crippen LogP contribution in [-0.2, 0) is 4.79 Å². The Kier molecular flexibility index (Phi) is 2.73. The molecule has 0 radical (unpaired) electrons. The molecule has 0 amide bonds. The maximum absolute atomic E-state index is 10.8. The Labute approximate surface area is 89.1 Å². The molecule has 3 heteroatoms. The zero-order chi connectivity index (χ0) is 10.8. The first kappa shape index (κ1) is 10.2. The molecule has 2 N–H and O–H groups in total. The van der Waals surface area contributed by atoms with Crippen LogP contribution in [0.1, 0.15) is 30.0 Å². The van der Waals surface area contributed by atoms with Crippen molar-refractivity contribution in [3.05, 3.63) is 35.4 Å². The maximum Gasteiger partial charge on any atom is 0.320 e. The Balaban J connectivity index is 2.14. The molecule has 1 aliphatic heterocycles. The van der Waals surface area contributed by atoms with Gasteiger partial charge in [-0.15, -0.1) is 0 Å². The number of hydrogen-bond donors (Lipinski definition) is 2. The van der Waals surface area contributed by atoms with Crippen LogP contribution in [0.2, 0.25) is 0 Å². The minimum Gasteiger partial charge on any atom is -0.480 e. The minimum atomic E-state index is -0.744. The fourth-order valence-corrected chi connectivity index (χ4v) is 2.16. The topological polar surface area (TPSA) is 49.3 Å². The molecule has 1 aromatic carbocycles. The summed E-state index contributed by atoms with van der Waals surface area (Å²) in [5, 5.41) is 12.0. The van der Waals surface area contributed by atoms with Crippen LogP contribution in [0.5, 0.6) is 0 Å². The summed E-state index contributed by atoms with van der Waals surface area (Å²) in [7, 11) is 0. The standard InChI is InChI=1S/C12H15NO2/c1-8-4-2-3-5-9(8)10-6-7-11(13-10)12(14)15/h2-5,10-11,13H,6-7H2,1H3,(H,14,15)/t10-,11-/m0/s1. The van der Waals surface area contributed by atoms with Gasteiger partial charge in [0.1, 0.15) is 6.04 Å². The normalized spacial score (nSPS) is 25.4. The number of carboxylic acid groups (broad SMARTS) is 1. The van der Waals surface area contributed by atoms with Crippen molar-refractivity contribution in [2.75, 3.05) is 0 Å². The van der Waals surface area contributed by atoms with E-state index < -0.39 is 5.97 Å². The monoisotopic (exact) mass is 205 g/mol. The van der Waals surface area contributed by atoms with Gasteiger partial charge in [0.25, 0.3) is 0 Å². The van der Waals surface area contributed by atoms with Gasteiger partial charge in [-0.05, 0) is 30.9 Å². The van der Waals surface area contributed by atoms with Crippen molar-refractivity contribution in [2.24, 2.45) is 0 Å². The van der Waals surface area contributed by atoms with Gasteiger partial charge in [0.15, 0.2) is 0 Å². The van der Waals surface area contributed by atoms with E-state index in [0.717, 1.165) is 6.42 Å². The van der Waals surface area contributed by atoms with Gasteiger partial charge in [0, 0.05) is 6.04 Å². The third-order valence-corrected chi connectivity index (χ3v) is 3.01. The zero-order valence-electron chi connectivity index (χ0n) is 8.73. The van der Waals surface area contributed by atoms with E-state index >= 15 is 0 Å². The van der Waals surface area contributed by atoms with Gasteiger partial charge >= 0.3 is 5.97 Å². The molecule has 15 heavy (non-hydrogen) atoms. The third-order valence-electron chi connectivity index (χ3n) is 3.01. The molecule has 0 unspecified atom stereocenters. The molecule has 80 valence electrons. The highest BCUT2D eigenvalue weighted by molar-refractivity contribution is 5.74. The summed E-state index contributed by atoms with van der Waals surface area (Å²) in [6, 6.07) is 7.95. The van der Waals surface area contributed by atoms with Gasteiger partial charge in [-0.3, -0.25) is 10.1 Å². The second kappa shape index (κ2) is 4.03. The van der Waals surface area contributed by atoms with E-state index in [1.807, 2.05) is 12.1 Å². The van der Waals surface area contributed by atoms with Crippen LogP contribution >= 0.6 is 0 Å². The molecular weight excluding hydrogens is 190 g/mol. The molecule has 1 fully saturated rings. The van der Waals surface area contributed by atoms with Gasteiger partial charge in [0.2, 0.25) is 0 Å². The van der Waals surface area contributed by atoms with E-state index in [0.29, 0.717) is 6.42 Å². The first-order chi connectivity index (χ1) is 7.18. The lowest BCUT2D eigenvalue weighted by atomic mass is 10.0. The summed E-state index contributed by atoms with van der Waals surface area (Å²) in [5.74, 6) is -0.744. The number of hydrogen-bond acceptors (Lipinski definition) is 2. The molecule has 0 spiro atoms. The Bertz CT molecular complexity index is 376. The average molecular weight is 205 g/mol. The van der Waals surface area contributed by atoms with Crippen LogP contribution in [0.25, 0.3) is 0 Å². The molecule has 0 bridgehead atoms. The summed E-state index contributed by atoms with van der Waals surface area (Å²) in [6.45, 7) is 2.06. The van der Waals surface area contributed by atoms with Crippen LogP contribution in [-0.4, -0.2) is 17.1 Å². The van der Waals surface area contributed by atoms with Crippen molar-refractivity contribution in [1.29, 1.82) is 0 Å². The van der Waals surface area contributed by atoms with Crippen molar-refractivity contribution in [1.82, 2.24) is 5.32 Å². The molecule has 2 rings (SSSR count). The summed E-state index contributed by atoms with van der Waals surface area (Å²) in [6.07, 6.45) is 1.62. The smallest absolute Gasteiger partial charge is 0.320 e. The van der Waals surface area contributed by atoms with E-state index in [2.05, 4.69) is 24.4 Å². The molecule has 1 heterocycles. The molecule has 0 aliphatic carbocycles. The van der Waals surface area contributed by atoms with Crippen LogP contribution in [0.15, 0.2) is 24.3 Å². The number of benzene rings is 1. The summed E-state index contributed by atoms with van der Waals surface area (Å²) >= 11 is 0. The van der Waals surface area contributed by atoms with E-state index in [1.165, 1.54) is 11.1 Å². The SMILES string of the molecule is Cc1ccccc1[C@@H]1CC[C@@H](C(=O)O)N1. The highest BCUT2D eigenvalue weighted by atomic mass is 16.4. The van der Waals surface area contributed by atoms with E-state index in [-0.39, 0.29) is 12.1 Å². The average Bonchev–Trinajstić information content (AvgIpc) is 2.67. The van der Waals surface area contributed by atoms with Crippen LogP contribution < -0.4 is 5.32 Å². The molecule has 3 nitrogen and oxygen atoms in total. The first-order valence-corrected chi connectivity index (χ1v) is 5.23. The van der Waals surface area contributed by atoms with Crippen molar-refractivity contribution in [3.63, 3.8) is 0 Å². The molecule has 2 atom stereocenters. The van der Waals surface area contributed by atoms with E-state index in [4.69, 9.17) is 5.11 Å². The predicted molar refractivity (Wildman–Crippen MR) is 57.7 cm³/mol. The Morgan fingerprint density at radius 2 is 2.13 bits per heavy atom. The number of nitrogens with one attached hydrogen (secondary N) is 1.